The second-order valence-corrected chi connectivity index (χ2v) is 6.68. The van der Waals surface area contributed by atoms with E-state index in [2.05, 4.69) is 0 Å². The molecule has 1 unspecified atom stereocenters. The summed E-state index contributed by atoms with van der Waals surface area (Å²) in [5, 5.41) is 5.14. The number of hydrogen-bond donors (Lipinski definition) is 1. The molecule has 2 rings (SSSR count). The maximum absolute atomic E-state index is 12.6. The summed E-state index contributed by atoms with van der Waals surface area (Å²) in [7, 11) is -2.20. The molecule has 116 valence electrons. The smallest absolute Gasteiger partial charge is 0.254 e. The maximum atomic E-state index is 12.6. The first-order chi connectivity index (χ1) is 9.86. The van der Waals surface area contributed by atoms with E-state index < -0.39 is 10.0 Å². The fourth-order valence-corrected chi connectivity index (χ4v) is 3.06. The van der Waals surface area contributed by atoms with Crippen LogP contribution in [0, 0.1) is 0 Å². The summed E-state index contributed by atoms with van der Waals surface area (Å²) in [5.74, 6) is -0.170. The van der Waals surface area contributed by atoms with Crippen LogP contribution in [0.3, 0.4) is 0 Å². The molecular formula is C14H20N2O4S. The molecule has 1 aliphatic rings. The molecule has 0 aromatic heterocycles. The van der Waals surface area contributed by atoms with Gasteiger partial charge in [-0.3, -0.25) is 4.79 Å². The van der Waals surface area contributed by atoms with Crippen molar-refractivity contribution in [2.75, 3.05) is 20.2 Å². The zero-order valence-electron chi connectivity index (χ0n) is 12.2. The maximum Gasteiger partial charge on any atom is 0.254 e. The van der Waals surface area contributed by atoms with Crippen LogP contribution in [0.25, 0.3) is 0 Å². The Kier molecular flexibility index (Phi) is 4.65. The summed E-state index contributed by atoms with van der Waals surface area (Å²) in [6.07, 6.45) is 1.48. The minimum atomic E-state index is -3.82. The van der Waals surface area contributed by atoms with E-state index >= 15 is 0 Å². The molecule has 0 radical (unpaired) electrons. The van der Waals surface area contributed by atoms with Gasteiger partial charge in [0.25, 0.3) is 5.91 Å². The molecule has 1 amide bonds. The predicted molar refractivity (Wildman–Crippen MR) is 78.5 cm³/mol. The Morgan fingerprint density at radius 3 is 2.71 bits per heavy atom. The number of carbonyl (C=O) groups excluding carboxylic acids is 1. The molecule has 1 atom stereocenters. The van der Waals surface area contributed by atoms with Gasteiger partial charge in [0, 0.05) is 25.8 Å². The van der Waals surface area contributed by atoms with Crippen molar-refractivity contribution in [2.45, 2.75) is 30.8 Å². The van der Waals surface area contributed by atoms with Crippen molar-refractivity contribution >= 4 is 15.9 Å². The monoisotopic (exact) mass is 312 g/mol. The zero-order chi connectivity index (χ0) is 15.6. The Balaban J connectivity index is 2.35. The SMILES string of the molecule is CCc1ccc(S(N)(=O)=O)cc1C(=O)N1CCC(OC)C1. The fraction of sp³-hybridized carbons (Fsp3) is 0.500. The third-order valence-electron chi connectivity index (χ3n) is 3.79. The summed E-state index contributed by atoms with van der Waals surface area (Å²) < 4.78 is 28.2. The van der Waals surface area contributed by atoms with Crippen LogP contribution in [0.15, 0.2) is 23.1 Å². The molecular weight excluding hydrogens is 292 g/mol. The minimum Gasteiger partial charge on any atom is -0.380 e. The number of carbonyl (C=O) groups is 1. The van der Waals surface area contributed by atoms with Gasteiger partial charge in [0.05, 0.1) is 11.0 Å². The number of methoxy groups -OCH3 is 1. The van der Waals surface area contributed by atoms with Crippen molar-refractivity contribution in [3.63, 3.8) is 0 Å². The number of amides is 1. The molecule has 1 aliphatic heterocycles. The van der Waals surface area contributed by atoms with Gasteiger partial charge in [-0.05, 0) is 30.5 Å². The molecule has 1 heterocycles. The fourth-order valence-electron chi connectivity index (χ4n) is 2.52. The Bertz CT molecular complexity index is 642. The van der Waals surface area contributed by atoms with Crippen LogP contribution in [0.2, 0.25) is 0 Å². The third kappa shape index (κ3) is 3.42. The number of nitrogens with zero attached hydrogens (tertiary/aromatic N) is 1. The molecule has 7 heteroatoms. The molecule has 0 saturated carbocycles. The van der Waals surface area contributed by atoms with Crippen LogP contribution in [-0.2, 0) is 21.2 Å². The van der Waals surface area contributed by atoms with Crippen LogP contribution < -0.4 is 5.14 Å². The van der Waals surface area contributed by atoms with Crippen LogP contribution >= 0.6 is 0 Å². The number of ether oxygens (including phenoxy) is 1. The largest absolute Gasteiger partial charge is 0.380 e. The van der Waals surface area contributed by atoms with Crippen molar-refractivity contribution in [1.29, 1.82) is 0 Å². The summed E-state index contributed by atoms with van der Waals surface area (Å²) in [4.78, 5) is 14.3. The lowest BCUT2D eigenvalue weighted by atomic mass is 10.0. The normalized spacial score (nSPS) is 19.0. The molecule has 0 aliphatic carbocycles. The number of aryl methyl sites for hydroxylation is 1. The number of sulfonamides is 1. The highest BCUT2D eigenvalue weighted by atomic mass is 32.2. The number of rotatable bonds is 4. The van der Waals surface area contributed by atoms with Crippen molar-refractivity contribution in [3.8, 4) is 0 Å². The summed E-state index contributed by atoms with van der Waals surface area (Å²) >= 11 is 0. The predicted octanol–water partition coefficient (Wildman–Crippen LogP) is 0.757. The second kappa shape index (κ2) is 6.13. The van der Waals surface area contributed by atoms with Gasteiger partial charge >= 0.3 is 0 Å². The highest BCUT2D eigenvalue weighted by molar-refractivity contribution is 7.89. The highest BCUT2D eigenvalue weighted by Gasteiger charge is 2.28. The van der Waals surface area contributed by atoms with E-state index in [1.165, 1.54) is 12.1 Å². The highest BCUT2D eigenvalue weighted by Crippen LogP contribution is 2.21. The van der Waals surface area contributed by atoms with Gasteiger partial charge in [-0.1, -0.05) is 13.0 Å². The van der Waals surface area contributed by atoms with E-state index in [0.29, 0.717) is 25.1 Å². The van der Waals surface area contributed by atoms with E-state index in [0.717, 1.165) is 12.0 Å². The lowest BCUT2D eigenvalue weighted by molar-refractivity contribution is 0.0723. The summed E-state index contributed by atoms with van der Waals surface area (Å²) in [6.45, 7) is 3.06. The lowest BCUT2D eigenvalue weighted by Gasteiger charge is -2.18. The van der Waals surface area contributed by atoms with Gasteiger partial charge in [-0.25, -0.2) is 13.6 Å². The Morgan fingerprint density at radius 2 is 2.19 bits per heavy atom. The van der Waals surface area contributed by atoms with Gasteiger partial charge < -0.3 is 9.64 Å². The standard InChI is InChI=1S/C14H20N2O4S/c1-3-10-4-5-12(21(15,18)19)8-13(10)14(17)16-7-6-11(9-16)20-2/h4-5,8,11H,3,6-7,9H2,1-2H3,(H2,15,18,19). The van der Waals surface area contributed by atoms with Gasteiger partial charge in [-0.15, -0.1) is 0 Å². The average Bonchev–Trinajstić information content (AvgIpc) is 2.93. The van der Waals surface area contributed by atoms with E-state index in [1.54, 1.807) is 18.1 Å². The zero-order valence-corrected chi connectivity index (χ0v) is 13.0. The van der Waals surface area contributed by atoms with Crippen LogP contribution in [-0.4, -0.2) is 45.5 Å². The molecule has 21 heavy (non-hydrogen) atoms. The van der Waals surface area contributed by atoms with Gasteiger partial charge in [0.1, 0.15) is 0 Å². The first kappa shape index (κ1) is 15.9. The Labute approximate surface area is 124 Å². The van der Waals surface area contributed by atoms with E-state index in [1.807, 2.05) is 6.92 Å². The minimum absolute atomic E-state index is 0.0365. The Hall–Kier alpha value is -1.44. The van der Waals surface area contributed by atoms with E-state index in [-0.39, 0.29) is 16.9 Å². The van der Waals surface area contributed by atoms with Crippen LogP contribution in [0.5, 0.6) is 0 Å². The van der Waals surface area contributed by atoms with Crippen LogP contribution in [0.4, 0.5) is 0 Å². The molecule has 0 spiro atoms. The number of primary sulfonamides is 1. The number of benzene rings is 1. The molecule has 6 nitrogen and oxygen atoms in total. The van der Waals surface area contributed by atoms with Crippen molar-refractivity contribution in [3.05, 3.63) is 29.3 Å². The van der Waals surface area contributed by atoms with Crippen molar-refractivity contribution in [1.82, 2.24) is 4.90 Å². The molecule has 2 N–H and O–H groups in total. The number of likely N-dealkylation sites (tertiary alicyclic amines) is 1. The van der Waals surface area contributed by atoms with Gasteiger partial charge in [0.2, 0.25) is 10.0 Å². The first-order valence-corrected chi connectivity index (χ1v) is 8.39. The molecule has 1 saturated heterocycles. The summed E-state index contributed by atoms with van der Waals surface area (Å²) in [6, 6.07) is 4.46. The number of hydrogen-bond acceptors (Lipinski definition) is 4. The quantitative estimate of drug-likeness (QED) is 0.888. The van der Waals surface area contributed by atoms with Gasteiger partial charge in [-0.2, -0.15) is 0 Å². The van der Waals surface area contributed by atoms with Crippen LogP contribution in [0.1, 0.15) is 29.3 Å². The van der Waals surface area contributed by atoms with Crippen molar-refractivity contribution < 1.29 is 17.9 Å². The van der Waals surface area contributed by atoms with E-state index in [4.69, 9.17) is 9.88 Å². The topological polar surface area (TPSA) is 89.7 Å². The number of nitrogens with two attached hydrogens (primary N) is 1. The first-order valence-electron chi connectivity index (χ1n) is 6.84. The molecule has 1 aromatic carbocycles. The lowest BCUT2D eigenvalue weighted by Crippen LogP contribution is -2.31. The average molecular weight is 312 g/mol. The summed E-state index contributed by atoms with van der Waals surface area (Å²) in [5.41, 5.74) is 1.22. The molecule has 1 aromatic rings. The van der Waals surface area contributed by atoms with E-state index in [9.17, 15) is 13.2 Å². The molecule has 1 fully saturated rings. The molecule has 0 bridgehead atoms. The Morgan fingerprint density at radius 1 is 1.48 bits per heavy atom. The second-order valence-electron chi connectivity index (χ2n) is 5.12. The van der Waals surface area contributed by atoms with Gasteiger partial charge in [0.15, 0.2) is 0 Å². The van der Waals surface area contributed by atoms with Crippen molar-refractivity contribution in [2.24, 2.45) is 5.14 Å². The third-order valence-corrected chi connectivity index (χ3v) is 4.70.